The van der Waals surface area contributed by atoms with Crippen LogP contribution < -0.4 is 5.32 Å². The van der Waals surface area contributed by atoms with Crippen molar-refractivity contribution in [1.82, 2.24) is 19.7 Å². The van der Waals surface area contributed by atoms with Crippen LogP contribution in [0.5, 0.6) is 0 Å². The summed E-state index contributed by atoms with van der Waals surface area (Å²) in [5.41, 5.74) is 1.85. The van der Waals surface area contributed by atoms with Crippen molar-refractivity contribution in [3.8, 4) is 11.4 Å². The second-order valence-electron chi connectivity index (χ2n) is 8.08. The molecule has 1 amide bonds. The molecule has 2 aliphatic heterocycles. The van der Waals surface area contributed by atoms with Gasteiger partial charge in [0.15, 0.2) is 5.82 Å². The van der Waals surface area contributed by atoms with Gasteiger partial charge >= 0.3 is 0 Å². The molecule has 0 atom stereocenters. The summed E-state index contributed by atoms with van der Waals surface area (Å²) in [7, 11) is 0. The van der Waals surface area contributed by atoms with Gasteiger partial charge in [-0.25, -0.2) is 0 Å². The Kier molecular flexibility index (Phi) is 6.37. The highest BCUT2D eigenvalue weighted by molar-refractivity contribution is 5.92. The zero-order valence-corrected chi connectivity index (χ0v) is 16.7. The molecule has 1 N–H and O–H groups in total. The lowest BCUT2D eigenvalue weighted by atomic mass is 10.1. The van der Waals surface area contributed by atoms with Gasteiger partial charge in [-0.1, -0.05) is 37.8 Å². The zero-order valence-electron chi connectivity index (χ0n) is 16.7. The first-order chi connectivity index (χ1) is 13.8. The third kappa shape index (κ3) is 4.79. The number of aromatic nitrogens is 3. The molecule has 0 saturated carbocycles. The highest BCUT2D eigenvalue weighted by atomic mass is 16.2. The quantitative estimate of drug-likeness (QED) is 0.873. The minimum Gasteiger partial charge on any atom is -0.325 e. The van der Waals surface area contributed by atoms with Crippen molar-refractivity contribution >= 4 is 11.6 Å². The van der Waals surface area contributed by atoms with E-state index in [1.165, 1.54) is 51.4 Å². The van der Waals surface area contributed by atoms with E-state index in [1.807, 2.05) is 18.2 Å². The zero-order chi connectivity index (χ0) is 19.2. The summed E-state index contributed by atoms with van der Waals surface area (Å²) in [5, 5.41) is 11.9. The number of nitrogens with one attached hydrogen (secondary N) is 1. The number of aryl methyl sites for hydroxylation is 1. The number of carbonyl (C=O) groups excluding carboxylic acids is 1. The maximum absolute atomic E-state index is 12.6. The number of anilines is 1. The van der Waals surface area contributed by atoms with Crippen LogP contribution in [0.15, 0.2) is 24.3 Å². The monoisotopic (exact) mass is 381 g/mol. The van der Waals surface area contributed by atoms with Gasteiger partial charge in [-0.3, -0.25) is 9.69 Å². The van der Waals surface area contributed by atoms with E-state index in [4.69, 9.17) is 0 Å². The van der Waals surface area contributed by atoms with E-state index in [1.54, 1.807) is 0 Å². The maximum Gasteiger partial charge on any atom is 0.238 e. The van der Waals surface area contributed by atoms with Gasteiger partial charge in [-0.15, -0.1) is 10.2 Å². The van der Waals surface area contributed by atoms with Gasteiger partial charge in [-0.05, 0) is 50.9 Å². The average molecular weight is 382 g/mol. The van der Waals surface area contributed by atoms with Crippen LogP contribution in [0, 0.1) is 0 Å². The van der Waals surface area contributed by atoms with Crippen molar-refractivity contribution in [2.75, 3.05) is 25.0 Å². The van der Waals surface area contributed by atoms with Crippen molar-refractivity contribution in [3.63, 3.8) is 0 Å². The normalized spacial score (nSPS) is 18.6. The minimum absolute atomic E-state index is 0.0674. The van der Waals surface area contributed by atoms with Gasteiger partial charge in [0, 0.05) is 24.2 Å². The topological polar surface area (TPSA) is 63.1 Å². The van der Waals surface area contributed by atoms with Gasteiger partial charge in [0.25, 0.3) is 0 Å². The summed E-state index contributed by atoms with van der Waals surface area (Å²) < 4.78 is 2.24. The van der Waals surface area contributed by atoms with Crippen LogP contribution in [0.1, 0.15) is 57.2 Å². The lowest BCUT2D eigenvalue weighted by molar-refractivity contribution is -0.117. The third-order valence-electron chi connectivity index (χ3n) is 5.83. The number of hydrogen-bond donors (Lipinski definition) is 1. The number of benzene rings is 1. The third-order valence-corrected chi connectivity index (χ3v) is 5.83. The molecule has 1 saturated heterocycles. The number of amides is 1. The first-order valence-corrected chi connectivity index (χ1v) is 10.8. The molecule has 0 spiro atoms. The van der Waals surface area contributed by atoms with Crippen molar-refractivity contribution in [2.24, 2.45) is 0 Å². The first kappa shape index (κ1) is 19.1. The van der Waals surface area contributed by atoms with Crippen LogP contribution in [0.25, 0.3) is 11.4 Å². The largest absolute Gasteiger partial charge is 0.325 e. The van der Waals surface area contributed by atoms with E-state index < -0.39 is 0 Å². The van der Waals surface area contributed by atoms with Crippen molar-refractivity contribution in [3.05, 3.63) is 30.1 Å². The van der Waals surface area contributed by atoms with Crippen molar-refractivity contribution in [1.29, 1.82) is 0 Å². The second-order valence-corrected chi connectivity index (χ2v) is 8.08. The van der Waals surface area contributed by atoms with Gasteiger partial charge in [0.2, 0.25) is 5.91 Å². The predicted molar refractivity (Wildman–Crippen MR) is 111 cm³/mol. The van der Waals surface area contributed by atoms with E-state index in [-0.39, 0.29) is 5.91 Å². The van der Waals surface area contributed by atoms with E-state index in [2.05, 4.69) is 31.0 Å². The van der Waals surface area contributed by atoms with E-state index in [0.29, 0.717) is 6.54 Å². The summed E-state index contributed by atoms with van der Waals surface area (Å²) >= 11 is 0. The van der Waals surface area contributed by atoms with Gasteiger partial charge < -0.3 is 9.88 Å². The molecule has 0 aliphatic carbocycles. The molecule has 1 fully saturated rings. The molecule has 0 radical (unpaired) electrons. The molecule has 4 rings (SSSR count). The van der Waals surface area contributed by atoms with Crippen LogP contribution in [-0.2, 0) is 17.8 Å². The molecule has 0 bridgehead atoms. The molecule has 1 aromatic carbocycles. The molecule has 28 heavy (non-hydrogen) atoms. The van der Waals surface area contributed by atoms with Crippen LogP contribution in [-0.4, -0.2) is 45.2 Å². The maximum atomic E-state index is 12.6. The lowest BCUT2D eigenvalue weighted by Crippen LogP contribution is -2.35. The molecule has 1 aromatic heterocycles. The van der Waals surface area contributed by atoms with E-state index in [0.717, 1.165) is 49.0 Å². The standard InChI is InChI=1S/C22H31N5O/c28-21(17-26-13-6-2-1-3-7-14-26)23-19-11-9-10-18(16-19)22-25-24-20-12-5-4-8-15-27(20)22/h9-11,16H,1-8,12-15,17H2,(H,23,28). The Labute approximate surface area is 167 Å². The fraction of sp³-hybridized carbons (Fsp3) is 0.591. The smallest absolute Gasteiger partial charge is 0.238 e. The Morgan fingerprint density at radius 3 is 2.54 bits per heavy atom. The molecule has 0 unspecified atom stereocenters. The number of nitrogens with zero attached hydrogens (tertiary/aromatic N) is 4. The Morgan fingerprint density at radius 1 is 0.929 bits per heavy atom. The number of likely N-dealkylation sites (tertiary alicyclic amines) is 1. The van der Waals surface area contributed by atoms with Gasteiger partial charge in [0.05, 0.1) is 6.54 Å². The highest BCUT2D eigenvalue weighted by Gasteiger charge is 2.17. The number of rotatable bonds is 4. The Morgan fingerprint density at radius 2 is 1.68 bits per heavy atom. The summed E-state index contributed by atoms with van der Waals surface area (Å²) in [6.45, 7) is 3.51. The molecule has 3 heterocycles. The fourth-order valence-electron chi connectivity index (χ4n) is 4.31. The second kappa shape index (κ2) is 9.32. The van der Waals surface area contributed by atoms with Crippen LogP contribution in [0.2, 0.25) is 0 Å². The molecule has 6 nitrogen and oxygen atoms in total. The summed E-state index contributed by atoms with van der Waals surface area (Å²) in [5.74, 6) is 2.06. The van der Waals surface area contributed by atoms with Crippen LogP contribution >= 0.6 is 0 Å². The van der Waals surface area contributed by atoms with Crippen molar-refractivity contribution < 1.29 is 4.79 Å². The molecular formula is C22H31N5O. The first-order valence-electron chi connectivity index (χ1n) is 10.8. The minimum atomic E-state index is 0.0674. The number of fused-ring (bicyclic) bond motifs is 1. The van der Waals surface area contributed by atoms with E-state index >= 15 is 0 Å². The Hall–Kier alpha value is -2.21. The Bertz CT molecular complexity index is 792. The van der Waals surface area contributed by atoms with Crippen LogP contribution in [0.3, 0.4) is 0 Å². The molecule has 6 heteroatoms. The predicted octanol–water partition coefficient (Wildman–Crippen LogP) is 3.88. The SMILES string of the molecule is O=C(CN1CCCCCCC1)Nc1cccc(-c2nnc3n2CCCCC3)c1. The number of carbonyl (C=O) groups is 1. The Balaban J connectivity index is 1.42. The van der Waals surface area contributed by atoms with E-state index in [9.17, 15) is 4.79 Å². The lowest BCUT2D eigenvalue weighted by Gasteiger charge is -2.23. The van der Waals surface area contributed by atoms with Crippen molar-refractivity contribution in [2.45, 2.75) is 64.3 Å². The average Bonchev–Trinajstić information content (AvgIpc) is 2.92. The molecule has 2 aliphatic rings. The summed E-state index contributed by atoms with van der Waals surface area (Å²) in [6, 6.07) is 8.01. The van der Waals surface area contributed by atoms with Crippen LogP contribution in [0.4, 0.5) is 5.69 Å². The van der Waals surface area contributed by atoms with Gasteiger partial charge in [-0.2, -0.15) is 0 Å². The summed E-state index contributed by atoms with van der Waals surface area (Å²) in [6.07, 6.45) is 10.9. The molecular weight excluding hydrogens is 350 g/mol. The number of hydrogen-bond acceptors (Lipinski definition) is 4. The highest BCUT2D eigenvalue weighted by Crippen LogP contribution is 2.25. The molecule has 150 valence electrons. The molecule has 2 aromatic rings. The van der Waals surface area contributed by atoms with Gasteiger partial charge in [0.1, 0.15) is 5.82 Å². The summed E-state index contributed by atoms with van der Waals surface area (Å²) in [4.78, 5) is 14.9. The fourth-order valence-corrected chi connectivity index (χ4v) is 4.31.